The minimum absolute atomic E-state index is 0.213. The van der Waals surface area contributed by atoms with E-state index in [1.54, 1.807) is 6.92 Å². The van der Waals surface area contributed by atoms with Crippen LogP contribution in [0.2, 0.25) is 0 Å². The number of aliphatic hydroxyl groups is 1. The Labute approximate surface area is 104 Å². The molecule has 0 saturated carbocycles. The number of nitrogens with one attached hydrogen (secondary N) is 1. The van der Waals surface area contributed by atoms with Crippen molar-refractivity contribution in [3.05, 3.63) is 0 Å². The first kappa shape index (κ1) is 14.9. The third-order valence-electron chi connectivity index (χ3n) is 3.22. The summed E-state index contributed by atoms with van der Waals surface area (Å²) in [6, 6.07) is 0. The molecule has 1 rings (SSSR count). The standard InChI is InChI=1S/C11H24N2O3S/c1-3-17(15,16)8-4-7-13(2)10-11(14)5-6-12-9-11/h12,14H,3-10H2,1-2H3. The Morgan fingerprint density at radius 1 is 1.47 bits per heavy atom. The highest BCUT2D eigenvalue weighted by molar-refractivity contribution is 7.91. The fraction of sp³-hybridized carbons (Fsp3) is 1.00. The van der Waals surface area contributed by atoms with Crippen LogP contribution < -0.4 is 5.32 Å². The van der Waals surface area contributed by atoms with Gasteiger partial charge in [0.2, 0.25) is 0 Å². The van der Waals surface area contributed by atoms with E-state index in [2.05, 4.69) is 5.32 Å². The molecule has 1 aliphatic heterocycles. The van der Waals surface area contributed by atoms with Crippen molar-refractivity contribution in [3.63, 3.8) is 0 Å². The van der Waals surface area contributed by atoms with Crippen LogP contribution in [0.5, 0.6) is 0 Å². The van der Waals surface area contributed by atoms with Gasteiger partial charge in [0.15, 0.2) is 0 Å². The molecule has 0 amide bonds. The fourth-order valence-electron chi connectivity index (χ4n) is 2.15. The van der Waals surface area contributed by atoms with E-state index in [0.29, 0.717) is 26.1 Å². The van der Waals surface area contributed by atoms with E-state index in [4.69, 9.17) is 0 Å². The third kappa shape index (κ3) is 5.33. The number of sulfone groups is 1. The van der Waals surface area contributed by atoms with Gasteiger partial charge in [-0.1, -0.05) is 6.92 Å². The van der Waals surface area contributed by atoms with Gasteiger partial charge >= 0.3 is 0 Å². The Kier molecular flexibility index (Phi) is 5.37. The summed E-state index contributed by atoms with van der Waals surface area (Å²) in [7, 11) is -0.934. The first-order valence-electron chi connectivity index (χ1n) is 6.19. The molecule has 0 aliphatic carbocycles. The highest BCUT2D eigenvalue weighted by atomic mass is 32.2. The fourth-order valence-corrected chi connectivity index (χ4v) is 3.00. The van der Waals surface area contributed by atoms with Gasteiger partial charge in [-0.05, 0) is 33.0 Å². The van der Waals surface area contributed by atoms with Crippen LogP contribution in [0.4, 0.5) is 0 Å². The average Bonchev–Trinajstić information content (AvgIpc) is 2.64. The lowest BCUT2D eigenvalue weighted by Gasteiger charge is -2.27. The summed E-state index contributed by atoms with van der Waals surface area (Å²) in [5, 5.41) is 13.3. The van der Waals surface area contributed by atoms with Crippen LogP contribution in [0.1, 0.15) is 19.8 Å². The third-order valence-corrected chi connectivity index (χ3v) is 5.01. The van der Waals surface area contributed by atoms with Gasteiger partial charge in [0.25, 0.3) is 0 Å². The second kappa shape index (κ2) is 6.13. The molecule has 0 spiro atoms. The van der Waals surface area contributed by atoms with Crippen LogP contribution in [0.25, 0.3) is 0 Å². The summed E-state index contributed by atoms with van der Waals surface area (Å²) in [6.07, 6.45) is 1.40. The maximum Gasteiger partial charge on any atom is 0.150 e. The summed E-state index contributed by atoms with van der Waals surface area (Å²) in [5.41, 5.74) is -0.640. The van der Waals surface area contributed by atoms with Gasteiger partial charge in [0.05, 0.1) is 11.4 Å². The maximum atomic E-state index is 11.3. The molecule has 5 nitrogen and oxygen atoms in total. The van der Waals surface area contributed by atoms with Crippen molar-refractivity contribution in [2.75, 3.05) is 44.7 Å². The van der Waals surface area contributed by atoms with E-state index in [0.717, 1.165) is 13.0 Å². The lowest BCUT2D eigenvalue weighted by Crippen LogP contribution is -2.43. The van der Waals surface area contributed by atoms with Gasteiger partial charge in [0, 0.05) is 18.8 Å². The van der Waals surface area contributed by atoms with Crippen molar-refractivity contribution >= 4 is 9.84 Å². The Morgan fingerprint density at radius 2 is 2.18 bits per heavy atom. The zero-order valence-electron chi connectivity index (χ0n) is 10.8. The molecular weight excluding hydrogens is 240 g/mol. The molecule has 0 aromatic rings. The van der Waals surface area contributed by atoms with Crippen molar-refractivity contribution in [1.82, 2.24) is 10.2 Å². The average molecular weight is 264 g/mol. The van der Waals surface area contributed by atoms with E-state index in [1.807, 2.05) is 11.9 Å². The van der Waals surface area contributed by atoms with Crippen LogP contribution in [0.15, 0.2) is 0 Å². The van der Waals surface area contributed by atoms with Crippen molar-refractivity contribution in [2.45, 2.75) is 25.4 Å². The highest BCUT2D eigenvalue weighted by Crippen LogP contribution is 2.15. The van der Waals surface area contributed by atoms with E-state index >= 15 is 0 Å². The Balaban J connectivity index is 2.23. The van der Waals surface area contributed by atoms with Gasteiger partial charge in [0.1, 0.15) is 9.84 Å². The molecule has 1 aliphatic rings. The van der Waals surface area contributed by atoms with Gasteiger partial charge in [-0.3, -0.25) is 0 Å². The molecule has 17 heavy (non-hydrogen) atoms. The molecule has 1 fully saturated rings. The molecule has 102 valence electrons. The van der Waals surface area contributed by atoms with E-state index in [1.165, 1.54) is 0 Å². The summed E-state index contributed by atoms with van der Waals surface area (Å²) >= 11 is 0. The van der Waals surface area contributed by atoms with Crippen molar-refractivity contribution in [1.29, 1.82) is 0 Å². The maximum absolute atomic E-state index is 11.3. The topological polar surface area (TPSA) is 69.6 Å². The SMILES string of the molecule is CCS(=O)(=O)CCCN(C)CC1(O)CCNC1. The molecule has 2 N–H and O–H groups in total. The largest absolute Gasteiger partial charge is 0.387 e. The van der Waals surface area contributed by atoms with Gasteiger partial charge in [-0.25, -0.2) is 8.42 Å². The number of hydrogen-bond donors (Lipinski definition) is 2. The van der Waals surface area contributed by atoms with Gasteiger partial charge < -0.3 is 15.3 Å². The van der Waals surface area contributed by atoms with Gasteiger partial charge in [-0.2, -0.15) is 0 Å². The lowest BCUT2D eigenvalue weighted by molar-refractivity contribution is 0.0285. The minimum atomic E-state index is -2.86. The first-order chi connectivity index (χ1) is 7.87. The van der Waals surface area contributed by atoms with Crippen LogP contribution in [0.3, 0.4) is 0 Å². The lowest BCUT2D eigenvalue weighted by atomic mass is 10.0. The van der Waals surface area contributed by atoms with Crippen molar-refractivity contribution < 1.29 is 13.5 Å². The number of rotatable bonds is 7. The summed E-state index contributed by atoms with van der Waals surface area (Å²) in [6.45, 7) is 4.47. The first-order valence-corrected chi connectivity index (χ1v) is 8.01. The predicted octanol–water partition coefficient (Wildman–Crippen LogP) is -0.533. The molecule has 6 heteroatoms. The molecule has 1 atom stereocenters. The van der Waals surface area contributed by atoms with Crippen LogP contribution in [-0.2, 0) is 9.84 Å². The van der Waals surface area contributed by atoms with Crippen LogP contribution in [-0.4, -0.2) is 68.8 Å². The highest BCUT2D eigenvalue weighted by Gasteiger charge is 2.31. The minimum Gasteiger partial charge on any atom is -0.387 e. The number of likely N-dealkylation sites (N-methyl/N-ethyl adjacent to an activating group) is 1. The molecule has 0 aromatic heterocycles. The second-order valence-electron chi connectivity index (χ2n) is 4.98. The van der Waals surface area contributed by atoms with Crippen LogP contribution in [0, 0.1) is 0 Å². The Morgan fingerprint density at radius 3 is 2.71 bits per heavy atom. The van der Waals surface area contributed by atoms with E-state index in [9.17, 15) is 13.5 Å². The molecule has 0 bridgehead atoms. The molecule has 1 heterocycles. The van der Waals surface area contributed by atoms with Crippen LogP contribution >= 0.6 is 0 Å². The van der Waals surface area contributed by atoms with Crippen molar-refractivity contribution in [2.24, 2.45) is 0 Å². The summed E-state index contributed by atoms with van der Waals surface area (Å²) < 4.78 is 22.6. The number of β-amino-alcohol motifs (C(OH)–C–C–N with tert-alkyl or cyclic N) is 1. The number of nitrogens with zero attached hydrogens (tertiary/aromatic N) is 1. The Bertz CT molecular complexity index is 324. The summed E-state index contributed by atoms with van der Waals surface area (Å²) in [5.74, 6) is 0.453. The molecule has 0 radical (unpaired) electrons. The Hall–Kier alpha value is -0.170. The molecular formula is C11H24N2O3S. The molecule has 0 aromatic carbocycles. The monoisotopic (exact) mass is 264 g/mol. The molecule has 1 saturated heterocycles. The van der Waals surface area contributed by atoms with Gasteiger partial charge in [-0.15, -0.1) is 0 Å². The van der Waals surface area contributed by atoms with E-state index < -0.39 is 15.4 Å². The summed E-state index contributed by atoms with van der Waals surface area (Å²) in [4.78, 5) is 2.01. The van der Waals surface area contributed by atoms with E-state index in [-0.39, 0.29) is 11.5 Å². The zero-order chi connectivity index (χ0) is 12.9. The normalized spacial score (nSPS) is 25.6. The quantitative estimate of drug-likeness (QED) is 0.647. The number of hydrogen-bond acceptors (Lipinski definition) is 5. The second-order valence-corrected chi connectivity index (χ2v) is 7.45. The molecule has 1 unspecified atom stereocenters. The zero-order valence-corrected chi connectivity index (χ0v) is 11.6. The smallest absolute Gasteiger partial charge is 0.150 e. The predicted molar refractivity (Wildman–Crippen MR) is 68.9 cm³/mol. The van der Waals surface area contributed by atoms with Crippen molar-refractivity contribution in [3.8, 4) is 0 Å².